The monoisotopic (exact) mass is 542 g/mol. The quantitative estimate of drug-likeness (QED) is 0.322. The Bertz CT molecular complexity index is 1640. The number of carbonyl (C=O) groups is 1. The maximum Gasteiger partial charge on any atom is 0.310 e. The number of esters is 1. The average molecular weight is 543 g/mol. The number of sulfone groups is 1. The van der Waals surface area contributed by atoms with Gasteiger partial charge in [0.05, 0.1) is 17.9 Å². The number of pyridine rings is 1. The van der Waals surface area contributed by atoms with Crippen molar-refractivity contribution in [2.75, 3.05) is 4.72 Å². The van der Waals surface area contributed by atoms with Crippen LogP contribution >= 0.6 is 0 Å². The molecule has 0 amide bonds. The first kappa shape index (κ1) is 26.4. The molecule has 0 spiro atoms. The van der Waals surface area contributed by atoms with Gasteiger partial charge in [0.25, 0.3) is 10.0 Å². The third-order valence-corrected chi connectivity index (χ3v) is 7.94. The summed E-state index contributed by atoms with van der Waals surface area (Å²) < 4.78 is 65.6. The number of ether oxygens (including phenoxy) is 1. The SMILES string of the molecule is CC(C)(C)OC(=O)Cc1cccc(CS(=O)(=O)c2ncccc2NS(=O)(=O)c2cc3ccccc3o2)c1. The Hall–Kier alpha value is -3.70. The smallest absolute Gasteiger partial charge is 0.310 e. The number of sulfonamides is 1. The van der Waals surface area contributed by atoms with Crippen molar-refractivity contribution in [3.8, 4) is 0 Å². The average Bonchev–Trinajstić information content (AvgIpc) is 3.23. The fourth-order valence-electron chi connectivity index (χ4n) is 3.66. The van der Waals surface area contributed by atoms with E-state index in [1.807, 2.05) is 0 Å². The van der Waals surface area contributed by atoms with E-state index in [1.54, 1.807) is 69.3 Å². The number of carbonyl (C=O) groups excluding carboxylic acids is 1. The van der Waals surface area contributed by atoms with Crippen molar-refractivity contribution < 1.29 is 30.8 Å². The number of nitrogens with one attached hydrogen (secondary N) is 1. The van der Waals surface area contributed by atoms with Crippen molar-refractivity contribution in [3.63, 3.8) is 0 Å². The molecule has 37 heavy (non-hydrogen) atoms. The highest BCUT2D eigenvalue weighted by Crippen LogP contribution is 2.28. The maximum atomic E-state index is 13.3. The standard InChI is InChI=1S/C26H26N2O7S2/c1-26(2,3)35-23(29)15-18-8-6-9-19(14-18)17-36(30,31)25-21(11-7-13-27-25)28-37(32,33)24-16-20-10-4-5-12-22(20)34-24/h4-14,16,28H,15,17H2,1-3H3. The van der Waals surface area contributed by atoms with Gasteiger partial charge in [-0.05, 0) is 50.1 Å². The summed E-state index contributed by atoms with van der Waals surface area (Å²) in [6, 6.07) is 17.5. The van der Waals surface area contributed by atoms with Gasteiger partial charge in [0.2, 0.25) is 14.9 Å². The number of anilines is 1. The number of furan rings is 1. The second kappa shape index (κ2) is 9.98. The normalized spacial score (nSPS) is 12.4. The van der Waals surface area contributed by atoms with E-state index in [-0.39, 0.29) is 17.2 Å². The van der Waals surface area contributed by atoms with Crippen molar-refractivity contribution >= 4 is 42.5 Å². The van der Waals surface area contributed by atoms with Crippen LogP contribution in [0.3, 0.4) is 0 Å². The van der Waals surface area contributed by atoms with E-state index in [4.69, 9.17) is 9.15 Å². The number of hydrogen-bond acceptors (Lipinski definition) is 8. The molecule has 0 aliphatic carbocycles. The first-order valence-electron chi connectivity index (χ1n) is 11.3. The third kappa shape index (κ3) is 6.55. The molecule has 0 aliphatic rings. The Kier molecular flexibility index (Phi) is 7.11. The van der Waals surface area contributed by atoms with Gasteiger partial charge < -0.3 is 9.15 Å². The Balaban J connectivity index is 1.57. The van der Waals surface area contributed by atoms with E-state index in [2.05, 4.69) is 9.71 Å². The summed E-state index contributed by atoms with van der Waals surface area (Å²) in [6.45, 7) is 5.29. The second-order valence-electron chi connectivity index (χ2n) is 9.41. The second-order valence-corrected chi connectivity index (χ2v) is 12.9. The minimum atomic E-state index is -4.24. The van der Waals surface area contributed by atoms with Gasteiger partial charge in [0.1, 0.15) is 11.2 Å². The Morgan fingerprint density at radius 2 is 1.68 bits per heavy atom. The van der Waals surface area contributed by atoms with Crippen molar-refractivity contribution in [2.24, 2.45) is 0 Å². The molecule has 0 aliphatic heterocycles. The van der Waals surface area contributed by atoms with Crippen LogP contribution in [0.15, 0.2) is 87.5 Å². The number of rotatable bonds is 8. The number of benzene rings is 2. The molecule has 0 bridgehead atoms. The molecule has 0 saturated heterocycles. The summed E-state index contributed by atoms with van der Waals surface area (Å²) in [6.07, 6.45) is 1.25. The Morgan fingerprint density at radius 1 is 0.946 bits per heavy atom. The van der Waals surface area contributed by atoms with Crippen molar-refractivity contribution in [2.45, 2.75) is 48.7 Å². The molecule has 0 saturated carbocycles. The summed E-state index contributed by atoms with van der Waals surface area (Å²) >= 11 is 0. The number of para-hydroxylation sites is 1. The summed E-state index contributed by atoms with van der Waals surface area (Å²) in [5, 5.41) is -0.184. The number of aromatic nitrogens is 1. The zero-order chi connectivity index (χ0) is 26.8. The number of fused-ring (bicyclic) bond motifs is 1. The molecule has 0 fully saturated rings. The molecule has 0 radical (unpaired) electrons. The van der Waals surface area contributed by atoms with E-state index in [0.717, 1.165) is 0 Å². The molecule has 0 atom stereocenters. The van der Waals surface area contributed by atoms with Crippen LogP contribution in [0.1, 0.15) is 31.9 Å². The highest BCUT2D eigenvalue weighted by molar-refractivity contribution is 7.93. The Labute approximate surface area is 215 Å². The molecule has 194 valence electrons. The van der Waals surface area contributed by atoms with Crippen LogP contribution in [0, 0.1) is 0 Å². The van der Waals surface area contributed by atoms with E-state index < -0.39 is 42.2 Å². The van der Waals surface area contributed by atoms with Gasteiger partial charge in [-0.15, -0.1) is 0 Å². The van der Waals surface area contributed by atoms with Crippen molar-refractivity contribution in [1.29, 1.82) is 0 Å². The fourth-order valence-corrected chi connectivity index (χ4v) is 6.19. The van der Waals surface area contributed by atoms with Crippen LogP contribution in [-0.4, -0.2) is 33.4 Å². The van der Waals surface area contributed by atoms with Crippen LogP contribution in [-0.2, 0) is 41.6 Å². The minimum Gasteiger partial charge on any atom is -0.460 e. The van der Waals surface area contributed by atoms with E-state index in [9.17, 15) is 21.6 Å². The lowest BCUT2D eigenvalue weighted by molar-refractivity contribution is -0.153. The first-order chi connectivity index (χ1) is 17.3. The van der Waals surface area contributed by atoms with E-state index in [1.165, 1.54) is 24.4 Å². The molecule has 1 N–H and O–H groups in total. The van der Waals surface area contributed by atoms with Gasteiger partial charge in [-0.25, -0.2) is 13.4 Å². The first-order valence-corrected chi connectivity index (χ1v) is 14.4. The van der Waals surface area contributed by atoms with Crippen molar-refractivity contribution in [3.05, 3.63) is 84.1 Å². The lowest BCUT2D eigenvalue weighted by Gasteiger charge is -2.19. The zero-order valence-electron chi connectivity index (χ0n) is 20.5. The lowest BCUT2D eigenvalue weighted by atomic mass is 10.1. The minimum absolute atomic E-state index is 0.0166. The molecule has 11 heteroatoms. The molecule has 2 aromatic heterocycles. The van der Waals surface area contributed by atoms with Gasteiger partial charge in [0.15, 0.2) is 5.03 Å². The highest BCUT2D eigenvalue weighted by Gasteiger charge is 2.26. The van der Waals surface area contributed by atoms with Crippen LogP contribution in [0.2, 0.25) is 0 Å². The summed E-state index contributed by atoms with van der Waals surface area (Å²) in [4.78, 5) is 16.1. The molecule has 4 aromatic rings. The zero-order valence-corrected chi connectivity index (χ0v) is 22.1. The van der Waals surface area contributed by atoms with E-state index >= 15 is 0 Å². The topological polar surface area (TPSA) is 133 Å². The van der Waals surface area contributed by atoms with Crippen LogP contribution < -0.4 is 4.72 Å². The largest absolute Gasteiger partial charge is 0.460 e. The predicted molar refractivity (Wildman–Crippen MR) is 138 cm³/mol. The van der Waals surface area contributed by atoms with Gasteiger partial charge in [-0.2, -0.15) is 8.42 Å². The molecule has 0 unspecified atom stereocenters. The fraction of sp³-hybridized carbons (Fsp3) is 0.231. The number of nitrogens with zero attached hydrogens (tertiary/aromatic N) is 1. The van der Waals surface area contributed by atoms with Crippen LogP contribution in [0.5, 0.6) is 0 Å². The summed E-state index contributed by atoms with van der Waals surface area (Å²) in [7, 11) is -8.32. The molecule has 9 nitrogen and oxygen atoms in total. The Morgan fingerprint density at radius 3 is 2.41 bits per heavy atom. The molecule has 2 heterocycles. The molecule has 4 rings (SSSR count). The van der Waals surface area contributed by atoms with Gasteiger partial charge >= 0.3 is 5.97 Å². The predicted octanol–water partition coefficient (Wildman–Crippen LogP) is 4.49. The summed E-state index contributed by atoms with van der Waals surface area (Å²) in [5.74, 6) is -0.884. The third-order valence-electron chi connectivity index (χ3n) is 5.09. The maximum absolute atomic E-state index is 13.3. The van der Waals surface area contributed by atoms with Crippen LogP contribution in [0.25, 0.3) is 11.0 Å². The molecule has 2 aromatic carbocycles. The van der Waals surface area contributed by atoms with Gasteiger partial charge in [-0.3, -0.25) is 9.52 Å². The summed E-state index contributed by atoms with van der Waals surface area (Å²) in [5.41, 5.74) is 0.552. The lowest BCUT2D eigenvalue weighted by Crippen LogP contribution is -2.24. The number of hydrogen-bond donors (Lipinski definition) is 1. The molecular formula is C26H26N2O7S2. The van der Waals surface area contributed by atoms with Gasteiger partial charge in [-0.1, -0.05) is 42.5 Å². The van der Waals surface area contributed by atoms with E-state index in [0.29, 0.717) is 22.1 Å². The molecular weight excluding hydrogens is 516 g/mol. The van der Waals surface area contributed by atoms with Crippen LogP contribution in [0.4, 0.5) is 5.69 Å². The van der Waals surface area contributed by atoms with Gasteiger partial charge in [0, 0.05) is 17.6 Å². The highest BCUT2D eigenvalue weighted by atomic mass is 32.2. The van der Waals surface area contributed by atoms with Crippen molar-refractivity contribution in [1.82, 2.24) is 4.98 Å².